The zero-order chi connectivity index (χ0) is 17.1. The molecule has 1 amide bonds. The molecule has 1 rings (SSSR count). The molecule has 1 aromatic carbocycles. The molecule has 0 heterocycles. The normalized spacial score (nSPS) is 11.2. The molecule has 6 heteroatoms. The van der Waals surface area contributed by atoms with Crippen molar-refractivity contribution in [2.75, 3.05) is 0 Å². The predicted octanol–water partition coefficient (Wildman–Crippen LogP) is 1.08. The highest BCUT2D eigenvalue weighted by atomic mass is 19.1. The van der Waals surface area contributed by atoms with Crippen molar-refractivity contribution in [1.82, 2.24) is 5.32 Å². The Morgan fingerprint density at radius 1 is 1.30 bits per heavy atom. The van der Waals surface area contributed by atoms with Gasteiger partial charge >= 0.3 is 0 Å². The van der Waals surface area contributed by atoms with Crippen molar-refractivity contribution in [3.8, 4) is 11.8 Å². The number of nitrogens with one attached hydrogen (secondary N) is 1. The first kappa shape index (κ1) is 18.5. The smallest absolute Gasteiger partial charge is 0.234 e. The maximum Gasteiger partial charge on any atom is 0.234 e. The Hall–Kier alpha value is -2.52. The Morgan fingerprint density at radius 3 is 2.70 bits per heavy atom. The number of amides is 1. The third-order valence-corrected chi connectivity index (χ3v) is 3.17. The molecule has 1 unspecified atom stereocenters. The van der Waals surface area contributed by atoms with E-state index in [1.165, 1.54) is 6.07 Å². The summed E-state index contributed by atoms with van der Waals surface area (Å²) >= 11 is 0. The Bertz CT molecular complexity index is 620. The standard InChI is InChI=1S/C17H19FN2O3/c18-15-8-4-7-13(6-2-1-3-10-21)14(15)12-20-16(17(19)23)9-5-11-22/h4,7-8,10-11,16,20H,1,3,5,9,12H2,(H2,19,23). The zero-order valence-corrected chi connectivity index (χ0v) is 12.7. The van der Waals surface area contributed by atoms with Gasteiger partial charge in [-0.05, 0) is 18.6 Å². The molecule has 122 valence electrons. The van der Waals surface area contributed by atoms with Gasteiger partial charge < -0.3 is 20.6 Å². The molecule has 3 N–H and O–H groups in total. The summed E-state index contributed by atoms with van der Waals surface area (Å²) in [6.45, 7) is 0.0663. The van der Waals surface area contributed by atoms with Gasteiger partial charge in [0.15, 0.2) is 0 Å². The number of carbonyl (C=O) groups is 3. The largest absolute Gasteiger partial charge is 0.368 e. The lowest BCUT2D eigenvalue weighted by Crippen LogP contribution is -2.41. The number of halogens is 1. The SMILES string of the molecule is NC(=O)C(CCC=O)NCc1c(F)cccc1C#CCCC=O. The van der Waals surface area contributed by atoms with Crippen molar-refractivity contribution in [3.05, 3.63) is 35.1 Å². The van der Waals surface area contributed by atoms with Gasteiger partial charge in [-0.2, -0.15) is 0 Å². The second kappa shape index (κ2) is 10.2. The number of primary amides is 1. The molecule has 0 fully saturated rings. The van der Waals surface area contributed by atoms with Gasteiger partial charge in [-0.3, -0.25) is 4.79 Å². The summed E-state index contributed by atoms with van der Waals surface area (Å²) in [5.41, 5.74) is 6.07. The molecule has 0 aromatic heterocycles. The van der Waals surface area contributed by atoms with E-state index in [1.807, 2.05) is 0 Å². The highest BCUT2D eigenvalue weighted by molar-refractivity contribution is 5.80. The number of benzene rings is 1. The van der Waals surface area contributed by atoms with E-state index in [-0.39, 0.29) is 19.4 Å². The van der Waals surface area contributed by atoms with Crippen LogP contribution in [0, 0.1) is 17.7 Å². The number of carbonyl (C=O) groups excluding carboxylic acids is 3. The second-order valence-corrected chi connectivity index (χ2v) is 4.85. The maximum atomic E-state index is 14.0. The fourth-order valence-corrected chi connectivity index (χ4v) is 1.95. The van der Waals surface area contributed by atoms with Crippen LogP contribution in [0.25, 0.3) is 0 Å². The molecule has 0 aliphatic carbocycles. The Labute approximate surface area is 134 Å². The molecule has 0 saturated heterocycles. The molecule has 5 nitrogen and oxygen atoms in total. The molecule has 0 aliphatic rings. The monoisotopic (exact) mass is 318 g/mol. The van der Waals surface area contributed by atoms with Crippen LogP contribution in [0.3, 0.4) is 0 Å². The van der Waals surface area contributed by atoms with Crippen LogP contribution in [0.1, 0.15) is 36.8 Å². The predicted molar refractivity (Wildman–Crippen MR) is 83.7 cm³/mol. The molecule has 23 heavy (non-hydrogen) atoms. The van der Waals surface area contributed by atoms with Gasteiger partial charge in [0, 0.05) is 36.9 Å². The average Bonchev–Trinajstić information content (AvgIpc) is 2.53. The highest BCUT2D eigenvalue weighted by Gasteiger charge is 2.16. The minimum Gasteiger partial charge on any atom is -0.368 e. The van der Waals surface area contributed by atoms with Crippen molar-refractivity contribution < 1.29 is 18.8 Å². The first-order valence-corrected chi connectivity index (χ1v) is 7.26. The summed E-state index contributed by atoms with van der Waals surface area (Å²) in [5, 5.41) is 2.86. The first-order valence-electron chi connectivity index (χ1n) is 7.26. The van der Waals surface area contributed by atoms with E-state index in [0.29, 0.717) is 30.3 Å². The summed E-state index contributed by atoms with van der Waals surface area (Å²) in [6, 6.07) is 3.80. The van der Waals surface area contributed by atoms with Gasteiger partial charge in [0.05, 0.1) is 6.04 Å². The molecule has 1 atom stereocenters. The second-order valence-electron chi connectivity index (χ2n) is 4.85. The molecule has 0 radical (unpaired) electrons. The van der Waals surface area contributed by atoms with E-state index in [1.54, 1.807) is 12.1 Å². The van der Waals surface area contributed by atoms with E-state index >= 15 is 0 Å². The summed E-state index contributed by atoms with van der Waals surface area (Å²) in [7, 11) is 0. The molecular weight excluding hydrogens is 299 g/mol. The summed E-state index contributed by atoms with van der Waals surface area (Å²) in [5.74, 6) is 4.58. The fraction of sp³-hybridized carbons (Fsp3) is 0.353. The van der Waals surface area contributed by atoms with Crippen LogP contribution in [0.2, 0.25) is 0 Å². The van der Waals surface area contributed by atoms with Gasteiger partial charge in [-0.25, -0.2) is 4.39 Å². The zero-order valence-electron chi connectivity index (χ0n) is 12.7. The number of rotatable bonds is 9. The minimum atomic E-state index is -0.712. The summed E-state index contributed by atoms with van der Waals surface area (Å²) < 4.78 is 14.0. The summed E-state index contributed by atoms with van der Waals surface area (Å²) in [4.78, 5) is 32.0. The van der Waals surface area contributed by atoms with Crippen LogP contribution in [0.5, 0.6) is 0 Å². The van der Waals surface area contributed by atoms with Crippen LogP contribution in [0.15, 0.2) is 18.2 Å². The van der Waals surface area contributed by atoms with Crippen LogP contribution in [-0.2, 0) is 20.9 Å². The molecule has 0 saturated carbocycles. The van der Waals surface area contributed by atoms with Crippen molar-refractivity contribution in [1.29, 1.82) is 0 Å². The number of hydrogen-bond acceptors (Lipinski definition) is 4. The number of nitrogens with two attached hydrogens (primary N) is 1. The molecule has 0 spiro atoms. The molecule has 0 aliphatic heterocycles. The lowest BCUT2D eigenvalue weighted by atomic mass is 10.1. The lowest BCUT2D eigenvalue weighted by Gasteiger charge is -2.15. The number of aldehydes is 2. The fourth-order valence-electron chi connectivity index (χ4n) is 1.95. The first-order chi connectivity index (χ1) is 11.1. The van der Waals surface area contributed by atoms with Gasteiger partial charge in [0.25, 0.3) is 0 Å². The number of unbranched alkanes of at least 4 members (excludes halogenated alkanes) is 1. The Kier molecular flexibility index (Phi) is 8.25. The third-order valence-electron chi connectivity index (χ3n) is 3.17. The van der Waals surface area contributed by atoms with Gasteiger partial charge in [-0.15, -0.1) is 0 Å². The Balaban J connectivity index is 2.84. The Morgan fingerprint density at radius 2 is 2.04 bits per heavy atom. The van der Waals surface area contributed by atoms with Gasteiger partial charge in [0.1, 0.15) is 18.4 Å². The lowest BCUT2D eigenvalue weighted by molar-refractivity contribution is -0.120. The molecule has 0 bridgehead atoms. The topological polar surface area (TPSA) is 89.3 Å². The quantitative estimate of drug-likeness (QED) is 0.405. The van der Waals surface area contributed by atoms with Crippen molar-refractivity contribution in [2.45, 2.75) is 38.3 Å². The molecule has 1 aromatic rings. The van der Waals surface area contributed by atoms with Crippen molar-refractivity contribution >= 4 is 18.5 Å². The van der Waals surface area contributed by atoms with Crippen molar-refractivity contribution in [3.63, 3.8) is 0 Å². The van der Waals surface area contributed by atoms with E-state index < -0.39 is 17.8 Å². The molecular formula is C17H19FN2O3. The summed E-state index contributed by atoms with van der Waals surface area (Å²) in [6.07, 6.45) is 2.64. The van der Waals surface area contributed by atoms with Crippen LogP contribution in [-0.4, -0.2) is 24.5 Å². The van der Waals surface area contributed by atoms with E-state index in [9.17, 15) is 18.8 Å². The third kappa shape index (κ3) is 6.41. The van der Waals surface area contributed by atoms with Crippen LogP contribution >= 0.6 is 0 Å². The van der Waals surface area contributed by atoms with Gasteiger partial charge in [-0.1, -0.05) is 17.9 Å². The van der Waals surface area contributed by atoms with Gasteiger partial charge in [0.2, 0.25) is 5.91 Å². The highest BCUT2D eigenvalue weighted by Crippen LogP contribution is 2.13. The number of hydrogen-bond donors (Lipinski definition) is 2. The van der Waals surface area contributed by atoms with Crippen molar-refractivity contribution in [2.24, 2.45) is 5.73 Å². The van der Waals surface area contributed by atoms with Crippen LogP contribution < -0.4 is 11.1 Å². The van der Waals surface area contributed by atoms with Crippen LogP contribution in [0.4, 0.5) is 4.39 Å². The van der Waals surface area contributed by atoms with E-state index in [0.717, 1.165) is 6.29 Å². The maximum absolute atomic E-state index is 14.0. The van der Waals surface area contributed by atoms with E-state index in [2.05, 4.69) is 17.2 Å². The minimum absolute atomic E-state index is 0.0663. The van der Waals surface area contributed by atoms with E-state index in [4.69, 9.17) is 5.73 Å². The average molecular weight is 318 g/mol.